The molecule has 0 atom stereocenters. The van der Waals surface area contributed by atoms with Crippen LogP contribution in [-0.4, -0.2) is 43.9 Å². The molecule has 7 nitrogen and oxygen atoms in total. The number of carbonyl (C=O) groups excluding carboxylic acids is 2. The molecule has 2 N–H and O–H groups in total. The van der Waals surface area contributed by atoms with E-state index in [1.807, 2.05) is 73.6 Å². The van der Waals surface area contributed by atoms with Crippen LogP contribution in [0.2, 0.25) is 0 Å². The molecule has 3 aromatic carbocycles. The van der Waals surface area contributed by atoms with Crippen molar-refractivity contribution in [2.45, 2.75) is 6.92 Å². The first-order valence-electron chi connectivity index (χ1n) is 11.3. The van der Waals surface area contributed by atoms with E-state index in [4.69, 9.17) is 0 Å². The van der Waals surface area contributed by atoms with E-state index in [1.165, 1.54) is 0 Å². The summed E-state index contributed by atoms with van der Waals surface area (Å²) in [6, 6.07) is 24.5. The second kappa shape index (κ2) is 10.2. The summed E-state index contributed by atoms with van der Waals surface area (Å²) in [5.74, 6) is -0.250. The lowest BCUT2D eigenvalue weighted by atomic mass is 9.99. The number of carbonyl (C=O) groups is 2. The molecule has 0 radical (unpaired) electrons. The number of anilines is 3. The zero-order chi connectivity index (χ0) is 24.9. The minimum Gasteiger partial charge on any atom is -0.354 e. The van der Waals surface area contributed by atoms with Gasteiger partial charge in [0.2, 0.25) is 5.91 Å². The lowest BCUT2D eigenvalue weighted by molar-refractivity contribution is -0.116. The van der Waals surface area contributed by atoms with Gasteiger partial charge in [0.15, 0.2) is 0 Å². The zero-order valence-corrected chi connectivity index (χ0v) is 20.0. The second-order valence-electron chi connectivity index (χ2n) is 8.59. The van der Waals surface area contributed by atoms with E-state index in [-0.39, 0.29) is 11.8 Å². The molecule has 0 spiro atoms. The van der Waals surface area contributed by atoms with Crippen molar-refractivity contribution in [3.05, 3.63) is 89.5 Å². The Morgan fingerprint density at radius 2 is 1.71 bits per heavy atom. The summed E-state index contributed by atoms with van der Waals surface area (Å²) >= 11 is 0. The molecule has 3 aromatic rings. The number of rotatable bonds is 7. The fourth-order valence-corrected chi connectivity index (χ4v) is 4.01. The molecule has 0 unspecified atom stereocenters. The molecule has 0 saturated heterocycles. The maximum Gasteiger partial charge on any atom is 0.258 e. The van der Waals surface area contributed by atoms with Crippen molar-refractivity contribution in [3.8, 4) is 6.07 Å². The summed E-state index contributed by atoms with van der Waals surface area (Å²) in [6.07, 6.45) is 0. The topological polar surface area (TPSA) is 88.5 Å². The van der Waals surface area contributed by atoms with E-state index in [9.17, 15) is 14.9 Å². The molecule has 4 rings (SSSR count). The molecule has 176 valence electrons. The summed E-state index contributed by atoms with van der Waals surface area (Å²) in [5, 5.41) is 15.5. The lowest BCUT2D eigenvalue weighted by Crippen LogP contribution is -2.35. The molecule has 0 aromatic heterocycles. The van der Waals surface area contributed by atoms with Crippen molar-refractivity contribution >= 4 is 40.1 Å². The first kappa shape index (κ1) is 23.7. The fourth-order valence-electron chi connectivity index (χ4n) is 4.01. The number of hydrogen-bond donors (Lipinski definition) is 2. The third kappa shape index (κ3) is 5.24. The first-order valence-corrected chi connectivity index (χ1v) is 11.3. The van der Waals surface area contributed by atoms with E-state index < -0.39 is 0 Å². The molecular weight excluding hydrogens is 438 g/mol. The number of likely N-dealkylation sites (N-methyl/N-ethyl adjacent to an activating group) is 1. The second-order valence-corrected chi connectivity index (χ2v) is 8.59. The van der Waals surface area contributed by atoms with Gasteiger partial charge in [0.05, 0.1) is 28.6 Å². The van der Waals surface area contributed by atoms with Gasteiger partial charge < -0.3 is 20.4 Å². The Balaban J connectivity index is 1.71. The average molecular weight is 466 g/mol. The van der Waals surface area contributed by atoms with Crippen molar-refractivity contribution in [3.63, 3.8) is 0 Å². The molecule has 0 saturated carbocycles. The van der Waals surface area contributed by atoms with Gasteiger partial charge in [0.25, 0.3) is 5.91 Å². The molecule has 1 aliphatic heterocycles. The molecule has 0 aliphatic carbocycles. The number of nitrogens with one attached hydrogen (secondary N) is 2. The monoisotopic (exact) mass is 465 g/mol. The maximum absolute atomic E-state index is 13.0. The highest BCUT2D eigenvalue weighted by Gasteiger charge is 2.28. The third-order valence-electron chi connectivity index (χ3n) is 5.80. The molecule has 0 bridgehead atoms. The number of nitriles is 1. The van der Waals surface area contributed by atoms with Crippen LogP contribution < -0.4 is 15.5 Å². The van der Waals surface area contributed by atoms with Crippen LogP contribution in [0.15, 0.2) is 72.8 Å². The lowest BCUT2D eigenvalue weighted by Gasteiger charge is -2.23. The predicted molar refractivity (Wildman–Crippen MR) is 140 cm³/mol. The van der Waals surface area contributed by atoms with Crippen molar-refractivity contribution in [2.75, 3.05) is 42.7 Å². The Hall–Kier alpha value is -4.41. The van der Waals surface area contributed by atoms with Crippen molar-refractivity contribution in [1.29, 1.82) is 5.26 Å². The quantitative estimate of drug-likeness (QED) is 0.505. The smallest absolute Gasteiger partial charge is 0.258 e. The van der Waals surface area contributed by atoms with E-state index in [0.29, 0.717) is 29.1 Å². The SMILES string of the molecule is CC(=O)N(CCN(C)C)c1ccc(N/C(=C2\C(=O)Nc3cc(C#N)ccc32)c2ccccc2)cc1. The van der Waals surface area contributed by atoms with Crippen LogP contribution in [0, 0.1) is 11.3 Å². The summed E-state index contributed by atoms with van der Waals surface area (Å²) < 4.78 is 0. The summed E-state index contributed by atoms with van der Waals surface area (Å²) in [6.45, 7) is 2.91. The van der Waals surface area contributed by atoms with Crippen LogP contribution >= 0.6 is 0 Å². The predicted octanol–water partition coefficient (Wildman–Crippen LogP) is 4.41. The van der Waals surface area contributed by atoms with Crippen molar-refractivity contribution in [1.82, 2.24) is 4.90 Å². The summed E-state index contributed by atoms with van der Waals surface area (Å²) in [7, 11) is 3.95. The summed E-state index contributed by atoms with van der Waals surface area (Å²) in [4.78, 5) is 29.0. The van der Waals surface area contributed by atoms with E-state index in [0.717, 1.165) is 29.0 Å². The van der Waals surface area contributed by atoms with Gasteiger partial charge in [-0.1, -0.05) is 36.4 Å². The zero-order valence-electron chi connectivity index (χ0n) is 20.0. The summed E-state index contributed by atoms with van der Waals surface area (Å²) in [5.41, 5.74) is 5.47. The van der Waals surface area contributed by atoms with Gasteiger partial charge in [-0.15, -0.1) is 0 Å². The van der Waals surface area contributed by atoms with E-state index in [2.05, 4.69) is 16.7 Å². The van der Waals surface area contributed by atoms with Gasteiger partial charge in [-0.3, -0.25) is 9.59 Å². The van der Waals surface area contributed by atoms with E-state index in [1.54, 1.807) is 30.0 Å². The standard InChI is InChI=1S/C28H27N5O2/c1-19(34)33(16-15-32(2)3)23-12-10-22(11-13-23)30-27(21-7-5-4-6-8-21)26-24-14-9-20(18-29)17-25(24)31-28(26)35/h4-14,17,30H,15-16H2,1-3H3,(H,31,35)/b27-26-. The molecule has 2 amide bonds. The molecule has 0 fully saturated rings. The van der Waals surface area contributed by atoms with Crippen LogP contribution in [0.5, 0.6) is 0 Å². The molecule has 1 heterocycles. The molecule has 35 heavy (non-hydrogen) atoms. The van der Waals surface area contributed by atoms with Crippen LogP contribution in [0.1, 0.15) is 23.6 Å². The maximum atomic E-state index is 13.0. The Labute approximate surface area is 205 Å². The molecular formula is C28H27N5O2. The average Bonchev–Trinajstić information content (AvgIpc) is 3.18. The highest BCUT2D eigenvalue weighted by atomic mass is 16.2. The minimum atomic E-state index is -0.232. The fraction of sp³-hybridized carbons (Fsp3) is 0.179. The molecule has 7 heteroatoms. The number of nitrogens with zero attached hydrogens (tertiary/aromatic N) is 3. The molecule has 1 aliphatic rings. The van der Waals surface area contributed by atoms with Crippen LogP contribution in [0.4, 0.5) is 17.1 Å². The largest absolute Gasteiger partial charge is 0.354 e. The third-order valence-corrected chi connectivity index (χ3v) is 5.80. The van der Waals surface area contributed by atoms with Gasteiger partial charge in [0, 0.05) is 37.0 Å². The Bertz CT molecular complexity index is 1320. The number of fused-ring (bicyclic) bond motifs is 1. The number of benzene rings is 3. The highest BCUT2D eigenvalue weighted by molar-refractivity contribution is 6.37. The van der Waals surface area contributed by atoms with Crippen LogP contribution in [-0.2, 0) is 9.59 Å². The van der Waals surface area contributed by atoms with Gasteiger partial charge in [-0.25, -0.2) is 0 Å². The van der Waals surface area contributed by atoms with Crippen LogP contribution in [0.25, 0.3) is 11.3 Å². The van der Waals surface area contributed by atoms with Gasteiger partial charge in [-0.2, -0.15) is 5.26 Å². The first-order chi connectivity index (χ1) is 16.9. The van der Waals surface area contributed by atoms with Crippen molar-refractivity contribution in [2.24, 2.45) is 0 Å². The van der Waals surface area contributed by atoms with Crippen LogP contribution in [0.3, 0.4) is 0 Å². The number of hydrogen-bond acceptors (Lipinski definition) is 5. The van der Waals surface area contributed by atoms with Crippen molar-refractivity contribution < 1.29 is 9.59 Å². The Morgan fingerprint density at radius 1 is 1.00 bits per heavy atom. The van der Waals surface area contributed by atoms with Gasteiger partial charge in [-0.05, 0) is 56.1 Å². The Kier molecular flexibility index (Phi) is 6.95. The van der Waals surface area contributed by atoms with Gasteiger partial charge in [0.1, 0.15) is 0 Å². The van der Waals surface area contributed by atoms with Gasteiger partial charge >= 0.3 is 0 Å². The van der Waals surface area contributed by atoms with E-state index >= 15 is 0 Å². The highest BCUT2D eigenvalue weighted by Crippen LogP contribution is 2.38. The Morgan fingerprint density at radius 3 is 2.34 bits per heavy atom. The normalized spacial score (nSPS) is 13.6. The number of amides is 2. The minimum absolute atomic E-state index is 0.0179.